The van der Waals surface area contributed by atoms with E-state index < -0.39 is 15.8 Å². The topological polar surface area (TPSA) is 85.1 Å². The minimum Gasteiger partial charge on any atom is -0.396 e. The molecule has 5 nitrogen and oxygen atoms in total. The molecule has 2 aromatic rings. The maximum absolute atomic E-state index is 13.4. The zero-order chi connectivity index (χ0) is 14.0. The Labute approximate surface area is 114 Å². The van der Waals surface area contributed by atoms with E-state index in [4.69, 9.17) is 5.73 Å². The first-order valence-electron chi connectivity index (χ1n) is 5.34. The largest absolute Gasteiger partial charge is 0.396 e. The smallest absolute Gasteiger partial charge is 0.241 e. The lowest BCUT2D eigenvalue weighted by atomic mass is 10.2. The Balaban J connectivity index is 2.24. The first kappa shape index (κ1) is 13.9. The summed E-state index contributed by atoms with van der Waals surface area (Å²) in [7, 11) is -3.73. The van der Waals surface area contributed by atoms with Crippen LogP contribution in [0.4, 0.5) is 10.1 Å². The molecular formula is C11H12FN3O2S2. The number of nitrogens with one attached hydrogen (secondary N) is 1. The molecule has 1 aromatic heterocycles. The zero-order valence-corrected chi connectivity index (χ0v) is 11.7. The van der Waals surface area contributed by atoms with E-state index in [9.17, 15) is 12.8 Å². The van der Waals surface area contributed by atoms with E-state index in [2.05, 4.69) is 9.71 Å². The molecule has 0 unspecified atom stereocenters. The first-order valence-corrected chi connectivity index (χ1v) is 7.70. The van der Waals surface area contributed by atoms with E-state index in [0.717, 1.165) is 6.07 Å². The highest BCUT2D eigenvalue weighted by Gasteiger charge is 2.17. The Kier molecular flexibility index (Phi) is 3.83. The lowest BCUT2D eigenvalue weighted by Gasteiger charge is -2.08. The molecule has 0 amide bonds. The Morgan fingerprint density at radius 2 is 2.21 bits per heavy atom. The molecule has 0 bridgehead atoms. The van der Waals surface area contributed by atoms with Gasteiger partial charge in [-0.25, -0.2) is 22.5 Å². The van der Waals surface area contributed by atoms with Crippen LogP contribution in [-0.2, 0) is 16.6 Å². The van der Waals surface area contributed by atoms with E-state index in [0.29, 0.717) is 5.01 Å². The molecule has 3 N–H and O–H groups in total. The standard InChI is InChI=1S/C11H12FN3O2S2/c1-7-4-8(5-9(13)11(7)12)19(16,17)15-6-10-14-2-3-18-10/h2-5,15H,6,13H2,1H3. The number of benzene rings is 1. The van der Waals surface area contributed by atoms with Crippen molar-refractivity contribution in [2.24, 2.45) is 0 Å². The van der Waals surface area contributed by atoms with Gasteiger partial charge >= 0.3 is 0 Å². The number of aryl methyl sites for hydroxylation is 1. The van der Waals surface area contributed by atoms with Crippen LogP contribution in [0, 0.1) is 12.7 Å². The molecule has 1 heterocycles. The second-order valence-corrected chi connectivity index (χ2v) is 6.64. The van der Waals surface area contributed by atoms with Gasteiger partial charge in [-0.15, -0.1) is 11.3 Å². The highest BCUT2D eigenvalue weighted by molar-refractivity contribution is 7.89. The lowest BCUT2D eigenvalue weighted by molar-refractivity contribution is 0.580. The van der Waals surface area contributed by atoms with Crippen LogP contribution in [0.3, 0.4) is 0 Å². The van der Waals surface area contributed by atoms with Gasteiger partial charge in [-0.05, 0) is 24.6 Å². The molecule has 19 heavy (non-hydrogen) atoms. The normalized spacial score (nSPS) is 11.7. The predicted molar refractivity (Wildman–Crippen MR) is 71.7 cm³/mol. The van der Waals surface area contributed by atoms with Crippen molar-refractivity contribution in [3.63, 3.8) is 0 Å². The molecule has 2 rings (SSSR count). The van der Waals surface area contributed by atoms with Crippen LogP contribution in [0.15, 0.2) is 28.6 Å². The number of anilines is 1. The van der Waals surface area contributed by atoms with Crippen molar-refractivity contribution in [3.8, 4) is 0 Å². The maximum Gasteiger partial charge on any atom is 0.241 e. The van der Waals surface area contributed by atoms with Crippen LogP contribution in [-0.4, -0.2) is 13.4 Å². The number of nitrogens with zero attached hydrogens (tertiary/aromatic N) is 1. The van der Waals surface area contributed by atoms with Gasteiger partial charge in [-0.3, -0.25) is 0 Å². The van der Waals surface area contributed by atoms with Crippen LogP contribution in [0.5, 0.6) is 0 Å². The molecule has 102 valence electrons. The quantitative estimate of drug-likeness (QED) is 0.841. The Bertz CT molecular complexity index is 661. The van der Waals surface area contributed by atoms with Crippen molar-refractivity contribution in [3.05, 3.63) is 40.1 Å². The summed E-state index contributed by atoms with van der Waals surface area (Å²) in [5, 5.41) is 2.40. The maximum atomic E-state index is 13.4. The highest BCUT2D eigenvalue weighted by Crippen LogP contribution is 2.21. The van der Waals surface area contributed by atoms with E-state index in [1.54, 1.807) is 11.6 Å². The molecule has 0 aliphatic heterocycles. The van der Waals surface area contributed by atoms with Crippen LogP contribution in [0.25, 0.3) is 0 Å². The van der Waals surface area contributed by atoms with Crippen molar-refractivity contribution in [1.82, 2.24) is 9.71 Å². The Morgan fingerprint density at radius 1 is 1.47 bits per heavy atom. The van der Waals surface area contributed by atoms with E-state index in [1.807, 2.05) is 0 Å². The summed E-state index contributed by atoms with van der Waals surface area (Å²) >= 11 is 1.34. The van der Waals surface area contributed by atoms with Crippen molar-refractivity contribution >= 4 is 27.0 Å². The summed E-state index contributed by atoms with van der Waals surface area (Å²) in [5.41, 5.74) is 5.44. The average Bonchev–Trinajstić information content (AvgIpc) is 2.86. The third-order valence-electron chi connectivity index (χ3n) is 2.46. The monoisotopic (exact) mass is 301 g/mol. The van der Waals surface area contributed by atoms with Crippen LogP contribution >= 0.6 is 11.3 Å². The third-order valence-corrected chi connectivity index (χ3v) is 4.62. The fraction of sp³-hybridized carbons (Fsp3) is 0.182. The van der Waals surface area contributed by atoms with Gasteiger partial charge in [0.1, 0.15) is 10.8 Å². The second-order valence-electron chi connectivity index (χ2n) is 3.89. The van der Waals surface area contributed by atoms with Gasteiger partial charge in [0.25, 0.3) is 0 Å². The zero-order valence-electron chi connectivity index (χ0n) is 10.1. The molecule has 0 atom stereocenters. The SMILES string of the molecule is Cc1cc(S(=O)(=O)NCc2nccs2)cc(N)c1F. The molecule has 0 aliphatic rings. The van der Waals surface area contributed by atoms with Gasteiger partial charge in [-0.1, -0.05) is 0 Å². The average molecular weight is 301 g/mol. The van der Waals surface area contributed by atoms with Crippen molar-refractivity contribution < 1.29 is 12.8 Å². The minimum absolute atomic E-state index is 0.0551. The number of aromatic nitrogens is 1. The van der Waals surface area contributed by atoms with Gasteiger partial charge < -0.3 is 5.73 Å². The summed E-state index contributed by atoms with van der Waals surface area (Å²) in [5.74, 6) is -0.598. The third kappa shape index (κ3) is 3.09. The Morgan fingerprint density at radius 3 is 2.79 bits per heavy atom. The van der Waals surface area contributed by atoms with E-state index in [-0.39, 0.29) is 22.7 Å². The van der Waals surface area contributed by atoms with Gasteiger partial charge in [0, 0.05) is 11.6 Å². The summed E-state index contributed by atoms with van der Waals surface area (Å²) in [4.78, 5) is 3.91. The molecule has 1 aromatic carbocycles. The van der Waals surface area contributed by atoms with Gasteiger partial charge in [-0.2, -0.15) is 0 Å². The van der Waals surface area contributed by atoms with Gasteiger partial charge in [0.15, 0.2) is 0 Å². The number of nitrogen functional groups attached to an aromatic ring is 1. The van der Waals surface area contributed by atoms with Gasteiger partial charge in [0.05, 0.1) is 17.1 Å². The van der Waals surface area contributed by atoms with Gasteiger partial charge in [0.2, 0.25) is 10.0 Å². The highest BCUT2D eigenvalue weighted by atomic mass is 32.2. The second kappa shape index (κ2) is 5.24. The van der Waals surface area contributed by atoms with Crippen molar-refractivity contribution in [2.75, 3.05) is 5.73 Å². The Hall–Kier alpha value is -1.51. The summed E-state index contributed by atoms with van der Waals surface area (Å²) in [6, 6.07) is 2.35. The molecule has 0 radical (unpaired) electrons. The molecule has 0 spiro atoms. The van der Waals surface area contributed by atoms with E-state index >= 15 is 0 Å². The van der Waals surface area contributed by atoms with Crippen LogP contribution in [0.2, 0.25) is 0 Å². The summed E-state index contributed by atoms with van der Waals surface area (Å²) < 4.78 is 39.8. The van der Waals surface area contributed by atoms with Crippen LogP contribution < -0.4 is 10.5 Å². The molecule has 0 aliphatic carbocycles. The number of hydrogen-bond acceptors (Lipinski definition) is 5. The molecule has 0 saturated heterocycles. The summed E-state index contributed by atoms with van der Waals surface area (Å²) in [6.07, 6.45) is 1.59. The van der Waals surface area contributed by atoms with Crippen molar-refractivity contribution in [2.45, 2.75) is 18.4 Å². The fourth-order valence-electron chi connectivity index (χ4n) is 1.50. The van der Waals surface area contributed by atoms with E-state index in [1.165, 1.54) is 24.3 Å². The minimum atomic E-state index is -3.73. The number of thiazole rings is 1. The van der Waals surface area contributed by atoms with Crippen LogP contribution in [0.1, 0.15) is 10.6 Å². The first-order chi connectivity index (χ1) is 8.90. The predicted octanol–water partition coefficient (Wildman–Crippen LogP) is 1.65. The molecule has 0 saturated carbocycles. The molecule has 8 heteroatoms. The number of halogens is 1. The molecule has 0 fully saturated rings. The number of sulfonamides is 1. The van der Waals surface area contributed by atoms with Crippen molar-refractivity contribution in [1.29, 1.82) is 0 Å². The number of nitrogens with two attached hydrogens (primary N) is 1. The molecular weight excluding hydrogens is 289 g/mol. The fourth-order valence-corrected chi connectivity index (χ4v) is 3.25. The number of rotatable bonds is 4. The summed E-state index contributed by atoms with van der Waals surface area (Å²) in [6.45, 7) is 1.56. The number of hydrogen-bond donors (Lipinski definition) is 2. The lowest BCUT2D eigenvalue weighted by Crippen LogP contribution is -2.23.